The van der Waals surface area contributed by atoms with Gasteiger partial charge in [-0.2, -0.15) is 0 Å². The van der Waals surface area contributed by atoms with E-state index in [0.717, 1.165) is 11.1 Å². The molecule has 0 aliphatic heterocycles. The van der Waals surface area contributed by atoms with Crippen LogP contribution in [0.3, 0.4) is 0 Å². The maximum absolute atomic E-state index is 11.0. The van der Waals surface area contributed by atoms with E-state index >= 15 is 0 Å². The number of hydrogen-bond acceptors (Lipinski definition) is 3. The minimum absolute atomic E-state index is 0.133. The monoisotopic (exact) mass is 237 g/mol. The van der Waals surface area contributed by atoms with Gasteiger partial charge in [0.1, 0.15) is 12.4 Å². The highest BCUT2D eigenvalue weighted by Gasteiger charge is 2.28. The summed E-state index contributed by atoms with van der Waals surface area (Å²) in [5, 5.41) is 9.00. The fourth-order valence-electron chi connectivity index (χ4n) is 1.53. The summed E-state index contributed by atoms with van der Waals surface area (Å²) in [7, 11) is 0. The predicted molar refractivity (Wildman–Crippen MR) is 67.2 cm³/mol. The summed E-state index contributed by atoms with van der Waals surface area (Å²) in [5.41, 5.74) is 7.33. The molecule has 0 unspecified atom stereocenters. The fraction of sp³-hybridized carbons (Fsp3) is 0.462. The quantitative estimate of drug-likeness (QED) is 0.788. The molecule has 1 aromatic carbocycles. The van der Waals surface area contributed by atoms with Crippen LogP contribution in [0.2, 0.25) is 0 Å². The second-order valence-electron chi connectivity index (χ2n) is 4.96. The number of aliphatic carboxylic acids is 1. The maximum Gasteiger partial charge on any atom is 0.312 e. The topological polar surface area (TPSA) is 72.5 Å². The van der Waals surface area contributed by atoms with E-state index in [4.69, 9.17) is 15.6 Å². The molecule has 0 spiro atoms. The van der Waals surface area contributed by atoms with Gasteiger partial charge in [-0.05, 0) is 51.0 Å². The summed E-state index contributed by atoms with van der Waals surface area (Å²) in [4.78, 5) is 11.0. The Morgan fingerprint density at radius 3 is 2.24 bits per heavy atom. The molecule has 1 aromatic rings. The highest BCUT2D eigenvalue weighted by atomic mass is 16.5. The zero-order chi connectivity index (χ0) is 13.2. The first-order valence-electron chi connectivity index (χ1n) is 5.47. The van der Waals surface area contributed by atoms with Crippen LogP contribution in [-0.4, -0.2) is 17.7 Å². The maximum atomic E-state index is 11.0. The van der Waals surface area contributed by atoms with Crippen molar-refractivity contribution >= 4 is 11.7 Å². The molecule has 0 aromatic heterocycles. The minimum atomic E-state index is -0.903. The molecule has 0 fully saturated rings. The van der Waals surface area contributed by atoms with Gasteiger partial charge in [0.25, 0.3) is 0 Å². The third kappa shape index (κ3) is 3.12. The van der Waals surface area contributed by atoms with Gasteiger partial charge < -0.3 is 15.6 Å². The van der Waals surface area contributed by atoms with E-state index in [-0.39, 0.29) is 6.61 Å². The SMILES string of the molecule is Cc1cc(N)cc(C)c1OCC(C)(C)C(=O)O. The second kappa shape index (κ2) is 4.65. The zero-order valence-electron chi connectivity index (χ0n) is 10.7. The summed E-state index contributed by atoms with van der Waals surface area (Å²) in [6.45, 7) is 7.20. The van der Waals surface area contributed by atoms with Crippen molar-refractivity contribution in [1.82, 2.24) is 0 Å². The molecule has 0 heterocycles. The number of nitrogens with two attached hydrogens (primary N) is 1. The van der Waals surface area contributed by atoms with E-state index in [9.17, 15) is 4.79 Å². The third-order valence-corrected chi connectivity index (χ3v) is 2.64. The smallest absolute Gasteiger partial charge is 0.312 e. The van der Waals surface area contributed by atoms with Gasteiger partial charge in [-0.25, -0.2) is 0 Å². The van der Waals surface area contributed by atoms with Crippen LogP contribution in [0.4, 0.5) is 5.69 Å². The van der Waals surface area contributed by atoms with E-state index in [0.29, 0.717) is 11.4 Å². The van der Waals surface area contributed by atoms with Gasteiger partial charge in [0, 0.05) is 5.69 Å². The van der Waals surface area contributed by atoms with Crippen molar-refractivity contribution in [1.29, 1.82) is 0 Å². The lowest BCUT2D eigenvalue weighted by atomic mass is 9.95. The van der Waals surface area contributed by atoms with Gasteiger partial charge in [0.15, 0.2) is 0 Å². The van der Waals surface area contributed by atoms with Crippen LogP contribution in [-0.2, 0) is 4.79 Å². The minimum Gasteiger partial charge on any atom is -0.492 e. The third-order valence-electron chi connectivity index (χ3n) is 2.64. The largest absolute Gasteiger partial charge is 0.492 e. The van der Waals surface area contributed by atoms with E-state index in [1.54, 1.807) is 13.8 Å². The first-order chi connectivity index (χ1) is 7.74. The van der Waals surface area contributed by atoms with Crippen molar-refractivity contribution in [3.63, 3.8) is 0 Å². The molecule has 4 nitrogen and oxygen atoms in total. The van der Waals surface area contributed by atoms with Crippen molar-refractivity contribution in [2.24, 2.45) is 5.41 Å². The van der Waals surface area contributed by atoms with E-state index in [1.165, 1.54) is 0 Å². The first-order valence-corrected chi connectivity index (χ1v) is 5.47. The molecule has 0 radical (unpaired) electrons. The number of aryl methyl sites for hydroxylation is 2. The molecular formula is C13H19NO3. The van der Waals surface area contributed by atoms with E-state index < -0.39 is 11.4 Å². The number of rotatable bonds is 4. The molecule has 4 heteroatoms. The molecule has 0 saturated carbocycles. The molecule has 0 aliphatic rings. The van der Waals surface area contributed by atoms with Gasteiger partial charge in [0.05, 0.1) is 5.41 Å². The number of carboxylic acid groups (broad SMARTS) is 1. The van der Waals surface area contributed by atoms with Gasteiger partial charge >= 0.3 is 5.97 Å². The van der Waals surface area contributed by atoms with Gasteiger partial charge in [-0.1, -0.05) is 0 Å². The van der Waals surface area contributed by atoms with Crippen LogP contribution in [0.25, 0.3) is 0 Å². The average Bonchev–Trinajstić information content (AvgIpc) is 2.15. The molecule has 0 aliphatic carbocycles. The van der Waals surface area contributed by atoms with Crippen molar-refractivity contribution in [2.75, 3.05) is 12.3 Å². The van der Waals surface area contributed by atoms with Crippen LogP contribution in [0.15, 0.2) is 12.1 Å². The lowest BCUT2D eigenvalue weighted by Crippen LogP contribution is -2.31. The van der Waals surface area contributed by atoms with Crippen LogP contribution < -0.4 is 10.5 Å². The number of carboxylic acids is 1. The van der Waals surface area contributed by atoms with Crippen LogP contribution in [0.5, 0.6) is 5.75 Å². The number of hydrogen-bond donors (Lipinski definition) is 2. The number of carbonyl (C=O) groups is 1. The average molecular weight is 237 g/mol. The number of benzene rings is 1. The van der Waals surface area contributed by atoms with Crippen LogP contribution in [0, 0.1) is 19.3 Å². The summed E-state index contributed by atoms with van der Waals surface area (Å²) < 4.78 is 5.61. The highest BCUT2D eigenvalue weighted by molar-refractivity contribution is 5.73. The molecule has 1 rings (SSSR count). The first kappa shape index (κ1) is 13.4. The fourth-order valence-corrected chi connectivity index (χ4v) is 1.53. The normalized spacial score (nSPS) is 11.3. The lowest BCUT2D eigenvalue weighted by molar-refractivity contribution is -0.148. The Kier molecular flexibility index (Phi) is 3.66. The van der Waals surface area contributed by atoms with Gasteiger partial charge in [0.2, 0.25) is 0 Å². The molecule has 0 atom stereocenters. The molecule has 0 bridgehead atoms. The Hall–Kier alpha value is -1.71. The number of anilines is 1. The molecule has 94 valence electrons. The van der Waals surface area contributed by atoms with Crippen molar-refractivity contribution in [3.8, 4) is 5.75 Å². The Morgan fingerprint density at radius 2 is 1.82 bits per heavy atom. The summed E-state index contributed by atoms with van der Waals surface area (Å²) in [6, 6.07) is 3.63. The van der Waals surface area contributed by atoms with Crippen molar-refractivity contribution in [2.45, 2.75) is 27.7 Å². The molecule has 0 saturated heterocycles. The Bertz CT molecular complexity index is 415. The van der Waals surface area contributed by atoms with Crippen LogP contribution >= 0.6 is 0 Å². The number of nitrogen functional groups attached to an aromatic ring is 1. The Labute approximate surface area is 101 Å². The number of ether oxygens (including phenoxy) is 1. The van der Waals surface area contributed by atoms with Gasteiger partial charge in [-0.3, -0.25) is 4.79 Å². The summed E-state index contributed by atoms with van der Waals surface area (Å²) in [5.74, 6) is -0.156. The van der Waals surface area contributed by atoms with Crippen LogP contribution in [0.1, 0.15) is 25.0 Å². The molecular weight excluding hydrogens is 218 g/mol. The summed E-state index contributed by atoms with van der Waals surface area (Å²) in [6.07, 6.45) is 0. The molecule has 17 heavy (non-hydrogen) atoms. The highest BCUT2D eigenvalue weighted by Crippen LogP contribution is 2.27. The zero-order valence-corrected chi connectivity index (χ0v) is 10.7. The predicted octanol–water partition coefficient (Wildman–Crippen LogP) is 2.38. The molecule has 0 amide bonds. The van der Waals surface area contributed by atoms with Gasteiger partial charge in [-0.15, -0.1) is 0 Å². The lowest BCUT2D eigenvalue weighted by Gasteiger charge is -2.21. The second-order valence-corrected chi connectivity index (χ2v) is 4.96. The van der Waals surface area contributed by atoms with E-state index in [2.05, 4.69) is 0 Å². The summed E-state index contributed by atoms with van der Waals surface area (Å²) >= 11 is 0. The standard InChI is InChI=1S/C13H19NO3/c1-8-5-10(14)6-9(2)11(8)17-7-13(3,4)12(15)16/h5-6H,7,14H2,1-4H3,(H,15,16). The van der Waals surface area contributed by atoms with Crippen molar-refractivity contribution < 1.29 is 14.6 Å². The van der Waals surface area contributed by atoms with Crippen molar-refractivity contribution in [3.05, 3.63) is 23.3 Å². The molecule has 3 N–H and O–H groups in total. The Morgan fingerprint density at radius 1 is 1.35 bits per heavy atom. The van der Waals surface area contributed by atoms with E-state index in [1.807, 2.05) is 26.0 Å². The Balaban J connectivity index is 2.87.